The normalized spacial score (nSPS) is 12.5. The molecule has 154 valence electrons. The van der Waals surface area contributed by atoms with Gasteiger partial charge in [-0.2, -0.15) is 4.57 Å². The van der Waals surface area contributed by atoms with Crippen molar-refractivity contribution in [1.82, 2.24) is 10.6 Å². The number of aliphatic carboxylic acids is 1. The van der Waals surface area contributed by atoms with Gasteiger partial charge in [-0.1, -0.05) is 37.3 Å². The van der Waals surface area contributed by atoms with Crippen molar-refractivity contribution in [3.05, 3.63) is 66.0 Å². The van der Waals surface area contributed by atoms with E-state index in [2.05, 4.69) is 10.6 Å². The predicted octanol–water partition coefficient (Wildman–Crippen LogP) is 1.88. The van der Waals surface area contributed by atoms with Crippen LogP contribution in [0.15, 0.2) is 54.9 Å². The van der Waals surface area contributed by atoms with E-state index in [4.69, 9.17) is 9.84 Å². The number of hydrogen-bond acceptors (Lipinski definition) is 4. The molecule has 0 spiro atoms. The second kappa shape index (κ2) is 10.8. The molecule has 0 saturated heterocycles. The van der Waals surface area contributed by atoms with E-state index in [1.165, 1.54) is 12.1 Å². The zero-order chi connectivity index (χ0) is 21.2. The first-order valence-electron chi connectivity index (χ1n) is 9.39. The number of ether oxygens (including phenoxy) is 1. The standard InChI is InChI=1S/C21H25N3O5/c1-3-18(20(26)27)23-19(25)17-9-11-24(12-10-17)14-29-21(28)22-15(2)13-16-7-5-4-6-8-16/h4-12,15,18H,3,13-14H2,1-2H3,(H2-,22,23,25,26,27,28)/p+1/t15-,18-/m0/s1. The van der Waals surface area contributed by atoms with Crippen LogP contribution >= 0.6 is 0 Å². The molecule has 2 rings (SSSR count). The van der Waals surface area contributed by atoms with Gasteiger partial charge in [0.05, 0.1) is 5.56 Å². The molecule has 0 radical (unpaired) electrons. The average molecular weight is 400 g/mol. The number of carboxylic acid groups (broad SMARTS) is 1. The Bertz CT molecular complexity index is 824. The smallest absolute Gasteiger partial charge is 0.412 e. The van der Waals surface area contributed by atoms with Gasteiger partial charge in [-0.3, -0.25) is 4.79 Å². The average Bonchev–Trinajstić information content (AvgIpc) is 2.71. The van der Waals surface area contributed by atoms with Crippen LogP contribution in [0, 0.1) is 0 Å². The third-order valence-corrected chi connectivity index (χ3v) is 4.26. The van der Waals surface area contributed by atoms with Gasteiger partial charge in [-0.15, -0.1) is 0 Å². The van der Waals surface area contributed by atoms with Crippen LogP contribution in [0.2, 0.25) is 0 Å². The number of nitrogens with one attached hydrogen (secondary N) is 2. The Hall–Kier alpha value is -3.42. The molecule has 1 heterocycles. The largest absolute Gasteiger partial charge is 0.480 e. The molecule has 1 aromatic heterocycles. The fourth-order valence-electron chi connectivity index (χ4n) is 2.67. The van der Waals surface area contributed by atoms with Crippen molar-refractivity contribution in [2.45, 2.75) is 45.5 Å². The van der Waals surface area contributed by atoms with Crippen LogP contribution in [0.5, 0.6) is 0 Å². The van der Waals surface area contributed by atoms with E-state index >= 15 is 0 Å². The molecule has 0 saturated carbocycles. The van der Waals surface area contributed by atoms with Crippen molar-refractivity contribution < 1.29 is 28.8 Å². The van der Waals surface area contributed by atoms with Gasteiger partial charge in [0.2, 0.25) is 0 Å². The Labute approximate surface area is 169 Å². The summed E-state index contributed by atoms with van der Waals surface area (Å²) in [5.41, 5.74) is 1.44. The van der Waals surface area contributed by atoms with E-state index in [0.717, 1.165) is 5.56 Å². The predicted molar refractivity (Wildman–Crippen MR) is 105 cm³/mol. The van der Waals surface area contributed by atoms with Crippen molar-refractivity contribution >= 4 is 18.0 Å². The van der Waals surface area contributed by atoms with E-state index in [1.54, 1.807) is 23.9 Å². The van der Waals surface area contributed by atoms with Crippen LogP contribution in [0.25, 0.3) is 0 Å². The van der Waals surface area contributed by atoms with Crippen molar-refractivity contribution in [3.8, 4) is 0 Å². The van der Waals surface area contributed by atoms with Gasteiger partial charge in [0, 0.05) is 18.2 Å². The lowest BCUT2D eigenvalue weighted by atomic mass is 10.1. The molecule has 2 atom stereocenters. The lowest BCUT2D eigenvalue weighted by Crippen LogP contribution is -2.42. The topological polar surface area (TPSA) is 109 Å². The molecule has 8 nitrogen and oxygen atoms in total. The van der Waals surface area contributed by atoms with Gasteiger partial charge in [-0.05, 0) is 25.3 Å². The highest BCUT2D eigenvalue weighted by molar-refractivity contribution is 5.96. The fraction of sp³-hybridized carbons (Fsp3) is 0.333. The van der Waals surface area contributed by atoms with E-state index in [1.807, 2.05) is 37.3 Å². The maximum absolute atomic E-state index is 12.1. The molecule has 29 heavy (non-hydrogen) atoms. The number of carbonyl (C=O) groups excluding carboxylic acids is 2. The number of rotatable bonds is 9. The van der Waals surface area contributed by atoms with Gasteiger partial charge in [0.15, 0.2) is 12.4 Å². The zero-order valence-corrected chi connectivity index (χ0v) is 16.5. The molecule has 8 heteroatoms. The number of nitrogens with zero attached hydrogens (tertiary/aromatic N) is 1. The summed E-state index contributed by atoms with van der Waals surface area (Å²) >= 11 is 0. The van der Waals surface area contributed by atoms with Crippen LogP contribution in [0.4, 0.5) is 4.79 Å². The molecule has 2 amide bonds. The van der Waals surface area contributed by atoms with Crippen molar-refractivity contribution in [1.29, 1.82) is 0 Å². The first kappa shape index (κ1) is 21.9. The summed E-state index contributed by atoms with van der Waals surface area (Å²) in [7, 11) is 0. The second-order valence-corrected chi connectivity index (χ2v) is 6.67. The molecule has 1 aromatic carbocycles. The van der Waals surface area contributed by atoms with E-state index in [-0.39, 0.29) is 12.8 Å². The molecule has 0 unspecified atom stereocenters. The summed E-state index contributed by atoms with van der Waals surface area (Å²) in [6.07, 6.45) is 3.62. The Kier molecular flexibility index (Phi) is 8.14. The zero-order valence-electron chi connectivity index (χ0n) is 16.5. The lowest BCUT2D eigenvalue weighted by Gasteiger charge is -2.13. The van der Waals surface area contributed by atoms with E-state index in [0.29, 0.717) is 18.4 Å². The lowest BCUT2D eigenvalue weighted by molar-refractivity contribution is -0.727. The molecule has 0 fully saturated rings. The third kappa shape index (κ3) is 7.25. The highest BCUT2D eigenvalue weighted by atomic mass is 16.6. The number of benzene rings is 1. The van der Waals surface area contributed by atoms with Crippen LogP contribution in [-0.2, 0) is 22.7 Å². The molecule has 0 aliphatic carbocycles. The molecule has 0 aliphatic rings. The van der Waals surface area contributed by atoms with Gasteiger partial charge in [0.1, 0.15) is 6.04 Å². The minimum absolute atomic E-state index is 0.0154. The summed E-state index contributed by atoms with van der Waals surface area (Å²) in [4.78, 5) is 35.0. The minimum atomic E-state index is -1.08. The van der Waals surface area contributed by atoms with Crippen LogP contribution < -0.4 is 15.2 Å². The minimum Gasteiger partial charge on any atom is -0.480 e. The summed E-state index contributed by atoms with van der Waals surface area (Å²) < 4.78 is 6.77. The Morgan fingerprint density at radius 2 is 1.72 bits per heavy atom. The van der Waals surface area contributed by atoms with E-state index < -0.39 is 24.0 Å². The summed E-state index contributed by atoms with van der Waals surface area (Å²) in [6.45, 7) is 3.56. The van der Waals surface area contributed by atoms with Gasteiger partial charge < -0.3 is 20.5 Å². The maximum atomic E-state index is 12.1. The SMILES string of the molecule is CC[C@H](NC(=O)c1cc[n+](COC(=O)N[C@@H](C)Cc2ccccc2)cc1)C(=O)O. The van der Waals surface area contributed by atoms with Gasteiger partial charge in [0.25, 0.3) is 12.6 Å². The first-order chi connectivity index (χ1) is 13.9. The molecular weight excluding hydrogens is 374 g/mol. The monoisotopic (exact) mass is 400 g/mol. The van der Waals surface area contributed by atoms with E-state index in [9.17, 15) is 14.4 Å². The Morgan fingerprint density at radius 3 is 2.31 bits per heavy atom. The number of amides is 2. The highest BCUT2D eigenvalue weighted by Gasteiger charge is 2.19. The summed E-state index contributed by atoms with van der Waals surface area (Å²) in [5.74, 6) is -1.55. The highest BCUT2D eigenvalue weighted by Crippen LogP contribution is 2.03. The van der Waals surface area contributed by atoms with Gasteiger partial charge in [-0.25, -0.2) is 9.59 Å². The number of alkyl carbamates (subject to hydrolysis) is 1. The fourth-order valence-corrected chi connectivity index (χ4v) is 2.67. The van der Waals surface area contributed by atoms with Gasteiger partial charge >= 0.3 is 12.1 Å². The Balaban J connectivity index is 1.79. The molecule has 0 bridgehead atoms. The quantitative estimate of drug-likeness (QED) is 0.557. The van der Waals surface area contributed by atoms with Crippen LogP contribution in [0.1, 0.15) is 36.2 Å². The van der Waals surface area contributed by atoms with Crippen molar-refractivity contribution in [3.63, 3.8) is 0 Å². The third-order valence-electron chi connectivity index (χ3n) is 4.26. The number of carboxylic acids is 1. The van der Waals surface area contributed by atoms with Crippen molar-refractivity contribution in [2.24, 2.45) is 0 Å². The van der Waals surface area contributed by atoms with Crippen LogP contribution in [0.3, 0.4) is 0 Å². The molecule has 3 N–H and O–H groups in total. The molecular formula is C21H26N3O5+. The molecule has 2 aromatic rings. The summed E-state index contributed by atoms with van der Waals surface area (Å²) in [5, 5.41) is 14.2. The number of pyridine rings is 1. The maximum Gasteiger partial charge on any atom is 0.412 e. The summed E-state index contributed by atoms with van der Waals surface area (Å²) in [6, 6.07) is 11.9. The first-order valence-corrected chi connectivity index (χ1v) is 9.39. The van der Waals surface area contributed by atoms with Crippen molar-refractivity contribution in [2.75, 3.05) is 0 Å². The number of hydrogen-bond donors (Lipinski definition) is 3. The number of aromatic nitrogens is 1. The Morgan fingerprint density at radius 1 is 1.07 bits per heavy atom. The number of carbonyl (C=O) groups is 3. The van der Waals surface area contributed by atoms with Crippen LogP contribution in [-0.4, -0.2) is 35.2 Å². The second-order valence-electron chi connectivity index (χ2n) is 6.67. The molecule has 0 aliphatic heterocycles.